The third-order valence-corrected chi connectivity index (χ3v) is 2.68. The SMILES string of the molecule is CCN(CC)C(=O)CNCCOc1ccccc1. The first-order valence-electron chi connectivity index (χ1n) is 6.44. The highest BCUT2D eigenvalue weighted by molar-refractivity contribution is 5.78. The van der Waals surface area contributed by atoms with Crippen molar-refractivity contribution in [2.45, 2.75) is 13.8 Å². The minimum Gasteiger partial charge on any atom is -0.492 e. The molecule has 0 aliphatic carbocycles. The normalized spacial score (nSPS) is 10.1. The first kappa shape index (κ1) is 14.5. The van der Waals surface area contributed by atoms with Crippen molar-refractivity contribution in [2.75, 3.05) is 32.8 Å². The van der Waals surface area contributed by atoms with Crippen molar-refractivity contribution in [1.82, 2.24) is 10.2 Å². The number of carbonyl (C=O) groups excluding carboxylic acids is 1. The third kappa shape index (κ3) is 5.19. The summed E-state index contributed by atoms with van der Waals surface area (Å²) < 4.78 is 5.51. The van der Waals surface area contributed by atoms with Gasteiger partial charge in [-0.3, -0.25) is 4.79 Å². The molecule has 1 aromatic rings. The molecule has 0 saturated heterocycles. The Balaban J connectivity index is 2.10. The van der Waals surface area contributed by atoms with Crippen LogP contribution in [0.1, 0.15) is 13.8 Å². The second-order valence-electron chi connectivity index (χ2n) is 3.90. The molecule has 0 spiro atoms. The number of likely N-dealkylation sites (N-methyl/N-ethyl adjacent to an activating group) is 1. The highest BCUT2D eigenvalue weighted by Gasteiger charge is 2.07. The number of amides is 1. The molecule has 100 valence electrons. The van der Waals surface area contributed by atoms with Crippen LogP contribution in [-0.4, -0.2) is 43.6 Å². The van der Waals surface area contributed by atoms with Crippen LogP contribution in [0.4, 0.5) is 0 Å². The number of para-hydroxylation sites is 1. The molecule has 1 N–H and O–H groups in total. The quantitative estimate of drug-likeness (QED) is 0.711. The summed E-state index contributed by atoms with van der Waals surface area (Å²) in [5.41, 5.74) is 0. The van der Waals surface area contributed by atoms with E-state index in [2.05, 4.69) is 5.32 Å². The van der Waals surface area contributed by atoms with Crippen molar-refractivity contribution in [1.29, 1.82) is 0 Å². The zero-order valence-electron chi connectivity index (χ0n) is 11.2. The fourth-order valence-electron chi connectivity index (χ4n) is 1.64. The number of benzene rings is 1. The maximum Gasteiger partial charge on any atom is 0.236 e. The van der Waals surface area contributed by atoms with Crippen molar-refractivity contribution in [2.24, 2.45) is 0 Å². The van der Waals surface area contributed by atoms with E-state index in [1.54, 1.807) is 0 Å². The molecule has 1 aromatic carbocycles. The van der Waals surface area contributed by atoms with Crippen LogP contribution in [0.15, 0.2) is 30.3 Å². The number of carbonyl (C=O) groups is 1. The van der Waals surface area contributed by atoms with Crippen molar-refractivity contribution >= 4 is 5.91 Å². The molecule has 0 radical (unpaired) electrons. The average Bonchev–Trinajstić information content (AvgIpc) is 2.41. The zero-order chi connectivity index (χ0) is 13.2. The van der Waals surface area contributed by atoms with Gasteiger partial charge in [0.05, 0.1) is 6.54 Å². The van der Waals surface area contributed by atoms with Crippen LogP contribution in [-0.2, 0) is 4.79 Å². The van der Waals surface area contributed by atoms with Gasteiger partial charge in [-0.1, -0.05) is 18.2 Å². The number of hydrogen-bond acceptors (Lipinski definition) is 3. The van der Waals surface area contributed by atoms with E-state index < -0.39 is 0 Å². The lowest BCUT2D eigenvalue weighted by Gasteiger charge is -2.18. The summed E-state index contributed by atoms with van der Waals surface area (Å²) in [5, 5.41) is 3.09. The predicted octanol–water partition coefficient (Wildman–Crippen LogP) is 1.52. The van der Waals surface area contributed by atoms with Gasteiger partial charge < -0.3 is 15.0 Å². The molecular weight excluding hydrogens is 228 g/mol. The maximum absolute atomic E-state index is 11.7. The number of rotatable bonds is 8. The van der Waals surface area contributed by atoms with Gasteiger partial charge in [-0.15, -0.1) is 0 Å². The minimum absolute atomic E-state index is 0.139. The monoisotopic (exact) mass is 250 g/mol. The van der Waals surface area contributed by atoms with E-state index in [1.807, 2.05) is 49.1 Å². The van der Waals surface area contributed by atoms with E-state index in [1.165, 1.54) is 0 Å². The van der Waals surface area contributed by atoms with E-state index in [-0.39, 0.29) is 5.91 Å². The Bertz CT molecular complexity index is 337. The average molecular weight is 250 g/mol. The lowest BCUT2D eigenvalue weighted by atomic mass is 10.3. The largest absolute Gasteiger partial charge is 0.492 e. The van der Waals surface area contributed by atoms with Crippen molar-refractivity contribution in [3.05, 3.63) is 30.3 Å². The van der Waals surface area contributed by atoms with E-state index in [9.17, 15) is 4.79 Å². The van der Waals surface area contributed by atoms with Gasteiger partial charge in [0.1, 0.15) is 12.4 Å². The molecule has 0 atom stereocenters. The maximum atomic E-state index is 11.7. The fraction of sp³-hybridized carbons (Fsp3) is 0.500. The topological polar surface area (TPSA) is 41.6 Å². The first-order chi connectivity index (χ1) is 8.77. The summed E-state index contributed by atoms with van der Waals surface area (Å²) in [4.78, 5) is 13.5. The molecule has 0 unspecified atom stereocenters. The van der Waals surface area contributed by atoms with E-state index >= 15 is 0 Å². The molecule has 0 saturated carbocycles. The highest BCUT2D eigenvalue weighted by Crippen LogP contribution is 2.07. The van der Waals surface area contributed by atoms with Crippen LogP contribution in [0.3, 0.4) is 0 Å². The van der Waals surface area contributed by atoms with Gasteiger partial charge in [0, 0.05) is 19.6 Å². The Morgan fingerprint density at radius 1 is 1.22 bits per heavy atom. The van der Waals surface area contributed by atoms with Crippen LogP contribution in [0.5, 0.6) is 5.75 Å². The number of nitrogens with one attached hydrogen (secondary N) is 1. The number of hydrogen-bond donors (Lipinski definition) is 1. The number of ether oxygens (including phenoxy) is 1. The summed E-state index contributed by atoms with van der Waals surface area (Å²) in [7, 11) is 0. The molecule has 4 nitrogen and oxygen atoms in total. The summed E-state index contributed by atoms with van der Waals surface area (Å²) in [6, 6.07) is 9.66. The summed E-state index contributed by atoms with van der Waals surface area (Å²) in [6.45, 7) is 7.10. The Hall–Kier alpha value is -1.55. The molecule has 0 fully saturated rings. The summed E-state index contributed by atoms with van der Waals surface area (Å²) >= 11 is 0. The van der Waals surface area contributed by atoms with Crippen molar-refractivity contribution in [3.8, 4) is 5.75 Å². The Morgan fingerprint density at radius 2 is 1.89 bits per heavy atom. The van der Waals surface area contributed by atoms with Crippen molar-refractivity contribution in [3.63, 3.8) is 0 Å². The zero-order valence-corrected chi connectivity index (χ0v) is 11.2. The highest BCUT2D eigenvalue weighted by atomic mass is 16.5. The molecule has 0 aromatic heterocycles. The van der Waals surface area contributed by atoms with Crippen molar-refractivity contribution < 1.29 is 9.53 Å². The second kappa shape index (κ2) is 8.53. The van der Waals surface area contributed by atoms with Crippen LogP contribution >= 0.6 is 0 Å². The molecule has 0 aliphatic heterocycles. The molecule has 4 heteroatoms. The molecule has 1 rings (SSSR count). The van der Waals surface area contributed by atoms with Crippen LogP contribution < -0.4 is 10.1 Å². The number of nitrogens with zero attached hydrogens (tertiary/aromatic N) is 1. The smallest absolute Gasteiger partial charge is 0.236 e. The van der Waals surface area contributed by atoms with Crippen LogP contribution in [0, 0.1) is 0 Å². The van der Waals surface area contributed by atoms with E-state index in [0.29, 0.717) is 19.7 Å². The second-order valence-corrected chi connectivity index (χ2v) is 3.90. The first-order valence-corrected chi connectivity index (χ1v) is 6.44. The molecule has 0 heterocycles. The molecule has 18 heavy (non-hydrogen) atoms. The van der Waals surface area contributed by atoms with Gasteiger partial charge in [-0.2, -0.15) is 0 Å². The summed E-state index contributed by atoms with van der Waals surface area (Å²) in [5.74, 6) is 0.995. The van der Waals surface area contributed by atoms with Gasteiger partial charge in [0.25, 0.3) is 0 Å². The van der Waals surface area contributed by atoms with Gasteiger partial charge in [0.15, 0.2) is 0 Å². The lowest BCUT2D eigenvalue weighted by molar-refractivity contribution is -0.129. The molecule has 0 aliphatic rings. The Labute approximate surface area is 109 Å². The predicted molar refractivity (Wildman–Crippen MR) is 72.7 cm³/mol. The standard InChI is InChI=1S/C14H22N2O2/c1-3-16(4-2)14(17)12-15-10-11-18-13-8-6-5-7-9-13/h5-9,15H,3-4,10-12H2,1-2H3. The minimum atomic E-state index is 0.139. The Morgan fingerprint density at radius 3 is 2.50 bits per heavy atom. The van der Waals surface area contributed by atoms with Gasteiger partial charge in [-0.05, 0) is 26.0 Å². The van der Waals surface area contributed by atoms with Gasteiger partial charge in [-0.25, -0.2) is 0 Å². The molecular formula is C14H22N2O2. The van der Waals surface area contributed by atoms with E-state index in [4.69, 9.17) is 4.74 Å². The fourth-order valence-corrected chi connectivity index (χ4v) is 1.64. The Kier molecular flexibility index (Phi) is 6.87. The summed E-state index contributed by atoms with van der Waals surface area (Å²) in [6.07, 6.45) is 0. The van der Waals surface area contributed by atoms with E-state index in [0.717, 1.165) is 18.8 Å². The van der Waals surface area contributed by atoms with Gasteiger partial charge >= 0.3 is 0 Å². The van der Waals surface area contributed by atoms with Gasteiger partial charge in [0.2, 0.25) is 5.91 Å². The van der Waals surface area contributed by atoms with Crippen LogP contribution in [0.2, 0.25) is 0 Å². The third-order valence-electron chi connectivity index (χ3n) is 2.68. The lowest BCUT2D eigenvalue weighted by Crippen LogP contribution is -2.39. The molecule has 0 bridgehead atoms. The van der Waals surface area contributed by atoms with Crippen LogP contribution in [0.25, 0.3) is 0 Å². The molecule has 1 amide bonds.